The molecule has 5 N–H and O–H groups in total. The lowest BCUT2D eigenvalue weighted by molar-refractivity contribution is -0.130. The average molecular weight is 755 g/mol. The topological polar surface area (TPSA) is 166 Å². The minimum Gasteiger partial charge on any atom is -0.355 e. The first kappa shape index (κ1) is 42.0. The van der Waals surface area contributed by atoms with Crippen molar-refractivity contribution in [3.63, 3.8) is 0 Å². The summed E-state index contributed by atoms with van der Waals surface area (Å²) < 4.78 is 26.0. The third-order valence-electron chi connectivity index (χ3n) is 8.63. The molecule has 3 rings (SSSR count). The van der Waals surface area contributed by atoms with Gasteiger partial charge in [-0.15, -0.1) is 0 Å². The minimum atomic E-state index is -3.73. The first-order valence-electron chi connectivity index (χ1n) is 17.3. The summed E-state index contributed by atoms with van der Waals surface area (Å²) >= 11 is 6.02. The highest BCUT2D eigenvalue weighted by Gasteiger charge is 2.27. The van der Waals surface area contributed by atoms with Crippen molar-refractivity contribution < 1.29 is 27.6 Å². The predicted octanol–water partition coefficient (Wildman–Crippen LogP) is 3.87. The Morgan fingerprint density at radius 2 is 1.40 bits per heavy atom. The van der Waals surface area contributed by atoms with Crippen LogP contribution in [0.15, 0.2) is 72.8 Å². The Morgan fingerprint density at radius 3 is 1.98 bits per heavy atom. The van der Waals surface area contributed by atoms with E-state index in [9.17, 15) is 27.6 Å². The fourth-order valence-corrected chi connectivity index (χ4v) is 5.97. The third-order valence-corrected chi connectivity index (χ3v) is 10.1. The van der Waals surface area contributed by atoms with Crippen molar-refractivity contribution in [2.75, 3.05) is 37.2 Å². The van der Waals surface area contributed by atoms with Crippen LogP contribution in [0.5, 0.6) is 0 Å². The van der Waals surface area contributed by atoms with Crippen molar-refractivity contribution in [2.24, 2.45) is 5.92 Å². The Balaban J connectivity index is 1.84. The summed E-state index contributed by atoms with van der Waals surface area (Å²) in [5, 5.41) is 15.2. The van der Waals surface area contributed by atoms with Gasteiger partial charge < -0.3 is 26.6 Å². The van der Waals surface area contributed by atoms with Crippen LogP contribution < -0.4 is 30.9 Å². The maximum atomic E-state index is 13.9. The Labute approximate surface area is 312 Å². The number of likely N-dealkylation sites (N-methyl/N-ethyl adjacent to an activating group) is 1. The summed E-state index contributed by atoms with van der Waals surface area (Å²) in [6.45, 7) is 10.0. The van der Waals surface area contributed by atoms with Crippen molar-refractivity contribution in [2.45, 2.75) is 65.1 Å². The first-order chi connectivity index (χ1) is 24.5. The molecular formula is C38H51ClN6O6S. The van der Waals surface area contributed by atoms with E-state index < -0.39 is 40.0 Å². The molecule has 0 spiro atoms. The second-order valence-corrected chi connectivity index (χ2v) is 15.7. The van der Waals surface area contributed by atoms with E-state index in [2.05, 4.69) is 26.6 Å². The summed E-state index contributed by atoms with van der Waals surface area (Å²) in [7, 11) is -2.38. The monoisotopic (exact) mass is 754 g/mol. The molecule has 4 amide bonds. The number of sulfonamides is 1. The number of carbonyl (C=O) groups is 4. The Bertz CT molecular complexity index is 1790. The van der Waals surface area contributed by atoms with Gasteiger partial charge >= 0.3 is 0 Å². The predicted molar refractivity (Wildman–Crippen MR) is 206 cm³/mol. The normalized spacial score (nSPS) is 13.7. The average Bonchev–Trinajstić information content (AvgIpc) is 3.11. The molecule has 0 aromatic heterocycles. The zero-order chi connectivity index (χ0) is 38.6. The van der Waals surface area contributed by atoms with E-state index in [1.165, 1.54) is 25.2 Å². The summed E-state index contributed by atoms with van der Waals surface area (Å²) in [5.41, 5.74) is 2.23. The van der Waals surface area contributed by atoms with E-state index in [0.29, 0.717) is 18.0 Å². The van der Waals surface area contributed by atoms with E-state index in [0.717, 1.165) is 21.7 Å². The van der Waals surface area contributed by atoms with Crippen LogP contribution in [0.1, 0.15) is 72.4 Å². The van der Waals surface area contributed by atoms with Crippen LogP contribution in [0.25, 0.3) is 0 Å². The number of benzene rings is 3. The molecule has 0 saturated carbocycles. The van der Waals surface area contributed by atoms with Crippen LogP contribution in [0.2, 0.25) is 5.02 Å². The molecule has 1 unspecified atom stereocenters. The molecule has 0 saturated heterocycles. The molecule has 0 radical (unpaired) electrons. The van der Waals surface area contributed by atoms with Gasteiger partial charge in [0.1, 0.15) is 6.04 Å². The number of hydrogen-bond donors (Lipinski definition) is 5. The molecule has 12 nitrogen and oxygen atoms in total. The maximum Gasteiger partial charge on any atom is 0.251 e. The molecule has 3 aromatic carbocycles. The zero-order valence-electron chi connectivity index (χ0n) is 30.8. The van der Waals surface area contributed by atoms with Crippen LogP contribution in [-0.4, -0.2) is 83.1 Å². The lowest BCUT2D eigenvalue weighted by atomic mass is 10.0. The number of nitrogens with zero attached hydrogens (tertiary/aromatic N) is 1. The number of nitrogens with one attached hydrogen (secondary N) is 5. The van der Waals surface area contributed by atoms with E-state index >= 15 is 0 Å². The molecule has 0 aliphatic carbocycles. The lowest BCUT2D eigenvalue weighted by Gasteiger charge is -2.25. The van der Waals surface area contributed by atoms with Crippen molar-refractivity contribution in [3.8, 4) is 0 Å². The standard InChI is InChI=1S/C38H51ClN6O6S/c1-8-40-38(49)34(24(2)3)44-35(46)26(5)41-23-32(18-27-12-10-9-11-13-27)43-37(48)30-19-29(20-33(21-30)45(6)52(7,50)51)36(47)42-22-25(4)28-14-16-31(39)17-15-28/h9-17,19-21,24-26,32,34,41H,8,18,22-23H2,1-7H3,(H,40,49)(H,42,47)(H,43,48)(H,44,46)/t25?,26-,32-,34-/m0/s1. The number of hydrogen-bond acceptors (Lipinski definition) is 7. The van der Waals surface area contributed by atoms with E-state index in [1.54, 1.807) is 19.1 Å². The second kappa shape index (κ2) is 19.4. The Kier molecular flexibility index (Phi) is 15.7. The molecule has 282 valence electrons. The number of rotatable bonds is 18. The molecule has 0 bridgehead atoms. The minimum absolute atomic E-state index is 0.0497. The van der Waals surface area contributed by atoms with E-state index in [1.807, 2.05) is 70.2 Å². The fraction of sp³-hybridized carbons (Fsp3) is 0.421. The molecule has 52 heavy (non-hydrogen) atoms. The molecule has 4 atom stereocenters. The van der Waals surface area contributed by atoms with Crippen molar-refractivity contribution in [3.05, 3.63) is 100 Å². The molecule has 14 heteroatoms. The van der Waals surface area contributed by atoms with Gasteiger partial charge in [0, 0.05) is 48.9 Å². The van der Waals surface area contributed by atoms with Gasteiger partial charge in [-0.1, -0.05) is 74.8 Å². The van der Waals surface area contributed by atoms with Gasteiger partial charge in [0.15, 0.2) is 0 Å². The third kappa shape index (κ3) is 12.6. The van der Waals surface area contributed by atoms with E-state index in [4.69, 9.17) is 11.6 Å². The smallest absolute Gasteiger partial charge is 0.251 e. The van der Waals surface area contributed by atoms with E-state index in [-0.39, 0.29) is 53.6 Å². The maximum absolute atomic E-state index is 13.9. The second-order valence-electron chi connectivity index (χ2n) is 13.3. The largest absolute Gasteiger partial charge is 0.355 e. The van der Waals surface area contributed by atoms with Crippen LogP contribution in [0.3, 0.4) is 0 Å². The lowest BCUT2D eigenvalue weighted by Crippen LogP contribution is -2.55. The SMILES string of the molecule is CCNC(=O)[C@@H](NC(=O)[C@H](C)NC[C@H](Cc1ccccc1)NC(=O)c1cc(C(=O)NCC(C)c2ccc(Cl)cc2)cc(N(C)S(C)(=O)=O)c1)C(C)C. The number of amides is 4. The van der Waals surface area contributed by atoms with Gasteiger partial charge in [-0.25, -0.2) is 8.42 Å². The summed E-state index contributed by atoms with van der Waals surface area (Å²) in [4.78, 5) is 53.0. The Hall–Kier alpha value is -4.46. The van der Waals surface area contributed by atoms with Crippen molar-refractivity contribution >= 4 is 50.9 Å². The number of halogens is 1. The summed E-state index contributed by atoms with van der Waals surface area (Å²) in [6, 6.07) is 19.1. The Morgan fingerprint density at radius 1 is 0.788 bits per heavy atom. The van der Waals surface area contributed by atoms with Crippen LogP contribution in [-0.2, 0) is 26.0 Å². The van der Waals surface area contributed by atoms with Gasteiger partial charge in [-0.05, 0) is 73.6 Å². The highest BCUT2D eigenvalue weighted by Crippen LogP contribution is 2.22. The van der Waals surface area contributed by atoms with Crippen LogP contribution >= 0.6 is 11.6 Å². The van der Waals surface area contributed by atoms with Gasteiger partial charge in [-0.3, -0.25) is 23.5 Å². The number of anilines is 1. The van der Waals surface area contributed by atoms with Crippen LogP contribution in [0, 0.1) is 5.92 Å². The molecule has 0 fully saturated rings. The van der Waals surface area contributed by atoms with Crippen molar-refractivity contribution in [1.29, 1.82) is 0 Å². The van der Waals surface area contributed by atoms with Crippen LogP contribution in [0.4, 0.5) is 5.69 Å². The fourth-order valence-electron chi connectivity index (χ4n) is 5.35. The molecule has 0 aliphatic rings. The number of carbonyl (C=O) groups excluding carboxylic acids is 4. The molecule has 0 heterocycles. The summed E-state index contributed by atoms with van der Waals surface area (Å²) in [5.74, 6) is -1.83. The first-order valence-corrected chi connectivity index (χ1v) is 19.5. The summed E-state index contributed by atoms with van der Waals surface area (Å²) in [6.07, 6.45) is 1.44. The van der Waals surface area contributed by atoms with Gasteiger partial charge in [-0.2, -0.15) is 0 Å². The van der Waals surface area contributed by atoms with Crippen molar-refractivity contribution in [1.82, 2.24) is 26.6 Å². The highest BCUT2D eigenvalue weighted by atomic mass is 35.5. The van der Waals surface area contributed by atoms with Gasteiger partial charge in [0.2, 0.25) is 21.8 Å². The molecular weight excluding hydrogens is 704 g/mol. The van der Waals surface area contributed by atoms with Gasteiger partial charge in [0.25, 0.3) is 11.8 Å². The quantitative estimate of drug-likeness (QED) is 0.132. The highest BCUT2D eigenvalue weighted by molar-refractivity contribution is 7.92. The molecule has 3 aromatic rings. The zero-order valence-corrected chi connectivity index (χ0v) is 32.4. The van der Waals surface area contributed by atoms with Gasteiger partial charge in [0.05, 0.1) is 18.0 Å². The molecule has 0 aliphatic heterocycles.